The summed E-state index contributed by atoms with van der Waals surface area (Å²) in [6, 6.07) is 12.6. The van der Waals surface area contributed by atoms with Gasteiger partial charge in [-0.3, -0.25) is 0 Å². The van der Waals surface area contributed by atoms with E-state index in [9.17, 15) is 4.39 Å². The highest BCUT2D eigenvalue weighted by atomic mass is 79.9. The quantitative estimate of drug-likeness (QED) is 0.906. The Morgan fingerprint density at radius 3 is 2.67 bits per heavy atom. The summed E-state index contributed by atoms with van der Waals surface area (Å²) in [6.45, 7) is 2.04. The van der Waals surface area contributed by atoms with Gasteiger partial charge in [-0.05, 0) is 42.7 Å². The summed E-state index contributed by atoms with van der Waals surface area (Å²) in [6.07, 6.45) is 0.639. The summed E-state index contributed by atoms with van der Waals surface area (Å²) >= 11 is 3.34. The van der Waals surface area contributed by atoms with Crippen molar-refractivity contribution in [2.75, 3.05) is 0 Å². The monoisotopic (exact) mass is 307 g/mol. The van der Waals surface area contributed by atoms with Crippen LogP contribution in [0.3, 0.4) is 0 Å². The number of hydrogen-bond donors (Lipinski definition) is 1. The minimum atomic E-state index is -0.330. The summed E-state index contributed by atoms with van der Waals surface area (Å²) in [7, 11) is 0. The smallest absolute Gasteiger partial charge is 0.128 e. The van der Waals surface area contributed by atoms with Crippen molar-refractivity contribution in [2.45, 2.75) is 19.4 Å². The van der Waals surface area contributed by atoms with E-state index in [4.69, 9.17) is 5.73 Å². The van der Waals surface area contributed by atoms with Gasteiger partial charge in [0.1, 0.15) is 5.82 Å². The fourth-order valence-corrected chi connectivity index (χ4v) is 2.36. The van der Waals surface area contributed by atoms with Gasteiger partial charge in [-0.15, -0.1) is 0 Å². The topological polar surface area (TPSA) is 26.0 Å². The molecule has 18 heavy (non-hydrogen) atoms. The van der Waals surface area contributed by atoms with Crippen LogP contribution in [0.15, 0.2) is 46.9 Å². The first kappa shape index (κ1) is 13.2. The van der Waals surface area contributed by atoms with E-state index in [1.54, 1.807) is 12.1 Å². The maximum atomic E-state index is 13.7. The van der Waals surface area contributed by atoms with E-state index in [-0.39, 0.29) is 11.9 Å². The molecule has 0 radical (unpaired) electrons. The molecule has 94 valence electrons. The van der Waals surface area contributed by atoms with Crippen molar-refractivity contribution in [2.24, 2.45) is 5.73 Å². The molecule has 0 aliphatic rings. The first-order chi connectivity index (χ1) is 8.58. The maximum absolute atomic E-state index is 13.7. The molecular weight excluding hydrogens is 293 g/mol. The lowest BCUT2D eigenvalue weighted by Gasteiger charge is -2.15. The average Bonchev–Trinajstić information content (AvgIpc) is 2.35. The van der Waals surface area contributed by atoms with Crippen molar-refractivity contribution in [3.05, 3.63) is 69.4 Å². The number of nitrogens with two attached hydrogens (primary N) is 1. The molecule has 2 rings (SSSR count). The van der Waals surface area contributed by atoms with Crippen molar-refractivity contribution in [3.8, 4) is 0 Å². The van der Waals surface area contributed by atoms with E-state index < -0.39 is 0 Å². The van der Waals surface area contributed by atoms with Crippen LogP contribution < -0.4 is 5.73 Å². The highest BCUT2D eigenvalue weighted by Crippen LogP contribution is 2.24. The van der Waals surface area contributed by atoms with Crippen LogP contribution in [-0.2, 0) is 6.42 Å². The van der Waals surface area contributed by atoms with E-state index in [2.05, 4.69) is 15.9 Å². The average molecular weight is 308 g/mol. The molecule has 0 saturated carbocycles. The van der Waals surface area contributed by atoms with E-state index >= 15 is 0 Å². The van der Waals surface area contributed by atoms with Crippen LogP contribution in [0.25, 0.3) is 0 Å². The molecule has 0 amide bonds. The molecule has 0 spiro atoms. The zero-order valence-corrected chi connectivity index (χ0v) is 11.7. The van der Waals surface area contributed by atoms with Gasteiger partial charge >= 0.3 is 0 Å². The largest absolute Gasteiger partial charge is 0.324 e. The molecule has 2 aromatic carbocycles. The third-order valence-electron chi connectivity index (χ3n) is 3.06. The van der Waals surface area contributed by atoms with Gasteiger partial charge in [0.15, 0.2) is 0 Å². The number of aryl methyl sites for hydroxylation is 1. The summed E-state index contributed by atoms with van der Waals surface area (Å²) in [5.74, 6) is -0.251. The third-order valence-corrected chi connectivity index (χ3v) is 3.55. The Morgan fingerprint density at radius 1 is 1.22 bits per heavy atom. The fraction of sp³-hybridized carbons (Fsp3) is 0.200. The molecule has 0 heterocycles. The molecule has 0 bridgehead atoms. The van der Waals surface area contributed by atoms with Crippen molar-refractivity contribution in [3.63, 3.8) is 0 Å². The minimum absolute atomic E-state index is 0.251. The molecule has 1 nitrogen and oxygen atoms in total. The van der Waals surface area contributed by atoms with Crippen molar-refractivity contribution < 1.29 is 4.39 Å². The first-order valence-corrected chi connectivity index (χ1v) is 6.62. The predicted octanol–water partition coefficient (Wildman–Crippen LogP) is 4.14. The van der Waals surface area contributed by atoms with E-state index in [0.717, 1.165) is 10.0 Å². The molecule has 0 aliphatic carbocycles. The van der Waals surface area contributed by atoms with Gasteiger partial charge in [0.25, 0.3) is 0 Å². The fourth-order valence-electron chi connectivity index (χ4n) is 1.98. The summed E-state index contributed by atoms with van der Waals surface area (Å²) < 4.78 is 14.6. The van der Waals surface area contributed by atoms with Gasteiger partial charge in [0, 0.05) is 16.1 Å². The summed E-state index contributed by atoms with van der Waals surface area (Å²) in [4.78, 5) is 0. The first-order valence-electron chi connectivity index (χ1n) is 5.83. The lowest BCUT2D eigenvalue weighted by molar-refractivity contribution is 0.579. The Hall–Kier alpha value is -1.19. The Bertz CT molecular complexity index is 554. The van der Waals surface area contributed by atoms with E-state index in [1.807, 2.05) is 31.2 Å². The van der Waals surface area contributed by atoms with Crippen LogP contribution in [0.2, 0.25) is 0 Å². The van der Waals surface area contributed by atoms with E-state index in [0.29, 0.717) is 12.0 Å². The van der Waals surface area contributed by atoms with Crippen LogP contribution in [0.5, 0.6) is 0 Å². The minimum Gasteiger partial charge on any atom is -0.324 e. The predicted molar refractivity (Wildman–Crippen MR) is 75.9 cm³/mol. The van der Waals surface area contributed by atoms with Crippen LogP contribution in [0.1, 0.15) is 22.7 Å². The van der Waals surface area contributed by atoms with Gasteiger partial charge < -0.3 is 5.73 Å². The molecule has 0 aliphatic heterocycles. The van der Waals surface area contributed by atoms with Crippen LogP contribution >= 0.6 is 15.9 Å². The zero-order valence-electron chi connectivity index (χ0n) is 10.2. The Morgan fingerprint density at radius 2 is 1.94 bits per heavy atom. The molecule has 1 atom stereocenters. The second kappa shape index (κ2) is 5.63. The van der Waals surface area contributed by atoms with Gasteiger partial charge in [-0.25, -0.2) is 4.39 Å². The lowest BCUT2D eigenvalue weighted by Crippen LogP contribution is -2.15. The number of benzene rings is 2. The molecular formula is C15H15BrFN. The van der Waals surface area contributed by atoms with Crippen LogP contribution in [0, 0.1) is 12.7 Å². The molecule has 0 saturated heterocycles. The zero-order chi connectivity index (χ0) is 13.1. The molecule has 0 aromatic heterocycles. The third kappa shape index (κ3) is 2.98. The molecule has 2 aromatic rings. The number of halogens is 2. The Kier molecular flexibility index (Phi) is 4.15. The maximum Gasteiger partial charge on any atom is 0.128 e. The van der Waals surface area contributed by atoms with Crippen molar-refractivity contribution in [1.29, 1.82) is 0 Å². The van der Waals surface area contributed by atoms with Crippen LogP contribution in [0.4, 0.5) is 4.39 Å². The number of rotatable bonds is 3. The standard InChI is InChI=1S/C15H15BrFN/c1-10-4-2-3-5-11(10)8-15(18)13-9-12(16)6-7-14(13)17/h2-7,9,15H,8,18H2,1H3. The summed E-state index contributed by atoms with van der Waals surface area (Å²) in [5, 5.41) is 0. The van der Waals surface area contributed by atoms with Crippen molar-refractivity contribution in [1.82, 2.24) is 0 Å². The van der Waals surface area contributed by atoms with Gasteiger partial charge in [0.2, 0.25) is 0 Å². The normalized spacial score (nSPS) is 12.4. The second-order valence-corrected chi connectivity index (χ2v) is 5.32. The molecule has 0 fully saturated rings. The summed E-state index contributed by atoms with van der Waals surface area (Å²) in [5.41, 5.74) is 8.99. The second-order valence-electron chi connectivity index (χ2n) is 4.40. The van der Waals surface area contributed by atoms with Gasteiger partial charge in [-0.1, -0.05) is 40.2 Å². The highest BCUT2D eigenvalue weighted by Gasteiger charge is 2.13. The molecule has 2 N–H and O–H groups in total. The number of hydrogen-bond acceptors (Lipinski definition) is 1. The van der Waals surface area contributed by atoms with Gasteiger partial charge in [0.05, 0.1) is 0 Å². The van der Waals surface area contributed by atoms with Crippen molar-refractivity contribution >= 4 is 15.9 Å². The molecule has 1 unspecified atom stereocenters. The Balaban J connectivity index is 2.25. The highest BCUT2D eigenvalue weighted by molar-refractivity contribution is 9.10. The van der Waals surface area contributed by atoms with Gasteiger partial charge in [-0.2, -0.15) is 0 Å². The SMILES string of the molecule is Cc1ccccc1CC(N)c1cc(Br)ccc1F. The van der Waals surface area contributed by atoms with E-state index in [1.165, 1.54) is 11.6 Å². The lowest BCUT2D eigenvalue weighted by atomic mass is 9.96. The Labute approximate surface area is 115 Å². The van der Waals surface area contributed by atoms with Crippen LogP contribution in [-0.4, -0.2) is 0 Å². The molecule has 3 heteroatoms.